The van der Waals surface area contributed by atoms with Crippen molar-refractivity contribution in [1.29, 1.82) is 0 Å². The second-order valence-corrected chi connectivity index (χ2v) is 6.49. The Kier molecular flexibility index (Phi) is 3.53. The Morgan fingerprint density at radius 3 is 2.55 bits per heavy atom. The first-order valence-electron chi connectivity index (χ1n) is 6.27. The highest BCUT2D eigenvalue weighted by Crippen LogP contribution is 2.32. The minimum Gasteiger partial charge on any atom is -0.231 e. The maximum atomic E-state index is 4.63. The lowest BCUT2D eigenvalue weighted by Crippen LogP contribution is -1.97. The molecule has 4 rings (SSSR count). The first-order valence-corrected chi connectivity index (χ1v) is 9.10. The zero-order chi connectivity index (χ0) is 14.9. The van der Waals surface area contributed by atoms with Gasteiger partial charge in [-0.1, -0.05) is 17.8 Å². The third-order valence-electron chi connectivity index (χ3n) is 2.93. The summed E-state index contributed by atoms with van der Waals surface area (Å²) in [4.78, 5) is 19.0. The fraction of sp³-hybridized carbons (Fsp3) is 0.0769. The molecule has 108 valence electrons. The van der Waals surface area contributed by atoms with Crippen LogP contribution in [-0.2, 0) is 0 Å². The lowest BCUT2D eigenvalue weighted by atomic mass is 10.2. The van der Waals surface area contributed by atoms with Crippen LogP contribution in [0.25, 0.3) is 33.3 Å². The van der Waals surface area contributed by atoms with Crippen molar-refractivity contribution in [3.05, 3.63) is 29.8 Å². The SMILES string of the molecule is CSc1nccc(-c2nc3nsnc3nc2-c2cccs2)n1. The number of aromatic nitrogens is 6. The largest absolute Gasteiger partial charge is 0.231 e. The summed E-state index contributed by atoms with van der Waals surface area (Å²) >= 11 is 4.21. The second kappa shape index (κ2) is 5.67. The van der Waals surface area contributed by atoms with E-state index in [9.17, 15) is 0 Å². The maximum Gasteiger partial charge on any atom is 0.213 e. The molecule has 0 saturated carbocycles. The van der Waals surface area contributed by atoms with Crippen LogP contribution in [0.15, 0.2) is 34.9 Å². The molecular formula is C13H8N6S3. The summed E-state index contributed by atoms with van der Waals surface area (Å²) in [6, 6.07) is 5.84. The average molecular weight is 344 g/mol. The quantitative estimate of drug-likeness (QED) is 0.416. The smallest absolute Gasteiger partial charge is 0.213 e. The summed E-state index contributed by atoms with van der Waals surface area (Å²) in [6.07, 6.45) is 3.68. The molecule has 0 fully saturated rings. The number of fused-ring (bicyclic) bond motifs is 1. The number of thioether (sulfide) groups is 1. The lowest BCUT2D eigenvalue weighted by Gasteiger charge is -2.06. The summed E-state index contributed by atoms with van der Waals surface area (Å²) in [7, 11) is 0. The Morgan fingerprint density at radius 1 is 1.00 bits per heavy atom. The van der Waals surface area contributed by atoms with Gasteiger partial charge in [0.1, 0.15) is 11.4 Å². The van der Waals surface area contributed by atoms with Crippen LogP contribution < -0.4 is 0 Å². The van der Waals surface area contributed by atoms with Gasteiger partial charge in [-0.15, -0.1) is 11.3 Å². The van der Waals surface area contributed by atoms with Gasteiger partial charge in [-0.05, 0) is 23.8 Å². The van der Waals surface area contributed by atoms with Crippen molar-refractivity contribution in [3.8, 4) is 22.0 Å². The fourth-order valence-electron chi connectivity index (χ4n) is 1.97. The maximum absolute atomic E-state index is 4.63. The van der Waals surface area contributed by atoms with E-state index in [1.807, 2.05) is 29.8 Å². The third kappa shape index (κ3) is 2.36. The molecule has 4 heterocycles. The van der Waals surface area contributed by atoms with Gasteiger partial charge in [0, 0.05) is 6.20 Å². The minimum atomic E-state index is 0.546. The predicted octanol–water partition coefficient (Wildman–Crippen LogP) is 3.39. The van der Waals surface area contributed by atoms with Crippen LogP contribution in [0.5, 0.6) is 0 Å². The highest BCUT2D eigenvalue weighted by atomic mass is 32.2. The molecule has 0 amide bonds. The van der Waals surface area contributed by atoms with Crippen molar-refractivity contribution in [2.24, 2.45) is 0 Å². The van der Waals surface area contributed by atoms with E-state index in [1.54, 1.807) is 17.5 Å². The van der Waals surface area contributed by atoms with Crippen LogP contribution in [0.3, 0.4) is 0 Å². The molecule has 4 aromatic rings. The van der Waals surface area contributed by atoms with Gasteiger partial charge in [-0.3, -0.25) is 0 Å². The van der Waals surface area contributed by atoms with E-state index < -0.39 is 0 Å². The normalized spacial score (nSPS) is 11.1. The summed E-state index contributed by atoms with van der Waals surface area (Å²) in [5.74, 6) is 0. The van der Waals surface area contributed by atoms with Crippen molar-refractivity contribution in [2.45, 2.75) is 5.16 Å². The standard InChI is InChI=1S/C13H8N6S3/c1-20-13-14-5-4-7(15-13)9-10(8-3-2-6-21-8)17-12-11(16-9)18-22-19-12/h2-6H,1H3. The molecule has 0 N–H and O–H groups in total. The second-order valence-electron chi connectivity index (χ2n) is 4.24. The molecule has 22 heavy (non-hydrogen) atoms. The topological polar surface area (TPSA) is 77.3 Å². The third-order valence-corrected chi connectivity index (χ3v) is 4.88. The molecule has 0 aliphatic rings. The van der Waals surface area contributed by atoms with Gasteiger partial charge in [0.25, 0.3) is 0 Å². The Balaban J connectivity index is 2.00. The molecule has 0 spiro atoms. The van der Waals surface area contributed by atoms with Crippen molar-refractivity contribution in [2.75, 3.05) is 6.26 Å². The number of hydrogen-bond donors (Lipinski definition) is 0. The fourth-order valence-corrected chi connectivity index (χ4v) is 3.48. The first kappa shape index (κ1) is 13.7. The molecule has 9 heteroatoms. The summed E-state index contributed by atoms with van der Waals surface area (Å²) in [5, 5.41) is 2.71. The highest BCUT2D eigenvalue weighted by molar-refractivity contribution is 7.98. The number of nitrogens with zero attached hydrogens (tertiary/aromatic N) is 6. The monoisotopic (exact) mass is 344 g/mol. The lowest BCUT2D eigenvalue weighted by molar-refractivity contribution is 0.971. The highest BCUT2D eigenvalue weighted by Gasteiger charge is 2.17. The van der Waals surface area contributed by atoms with Gasteiger partial charge in [0.15, 0.2) is 5.16 Å². The summed E-state index contributed by atoms with van der Waals surface area (Å²) < 4.78 is 8.36. The molecule has 4 aromatic heterocycles. The molecule has 0 bridgehead atoms. The Bertz CT molecular complexity index is 934. The van der Waals surface area contributed by atoms with E-state index in [2.05, 4.69) is 28.7 Å². The molecular weight excluding hydrogens is 336 g/mol. The summed E-state index contributed by atoms with van der Waals surface area (Å²) in [6.45, 7) is 0. The van der Waals surface area contributed by atoms with Gasteiger partial charge in [-0.25, -0.2) is 19.9 Å². The average Bonchev–Trinajstić information content (AvgIpc) is 3.24. The van der Waals surface area contributed by atoms with Crippen molar-refractivity contribution >= 4 is 46.1 Å². The van der Waals surface area contributed by atoms with Crippen molar-refractivity contribution in [1.82, 2.24) is 28.7 Å². The van der Waals surface area contributed by atoms with E-state index >= 15 is 0 Å². The zero-order valence-electron chi connectivity index (χ0n) is 11.3. The number of hydrogen-bond acceptors (Lipinski definition) is 9. The first-order chi connectivity index (χ1) is 10.8. The number of rotatable bonds is 3. The van der Waals surface area contributed by atoms with Gasteiger partial charge >= 0.3 is 0 Å². The Labute approximate surface area is 138 Å². The van der Waals surface area contributed by atoms with Crippen molar-refractivity contribution < 1.29 is 0 Å². The van der Waals surface area contributed by atoms with E-state index in [0.29, 0.717) is 22.1 Å². The van der Waals surface area contributed by atoms with Crippen LogP contribution in [0.1, 0.15) is 0 Å². The van der Waals surface area contributed by atoms with E-state index in [4.69, 9.17) is 0 Å². The Hall–Kier alpha value is -1.97. The predicted molar refractivity (Wildman–Crippen MR) is 89.1 cm³/mol. The molecule has 0 radical (unpaired) electrons. The molecule has 0 aliphatic carbocycles. The van der Waals surface area contributed by atoms with Crippen molar-refractivity contribution in [3.63, 3.8) is 0 Å². The van der Waals surface area contributed by atoms with Crippen LogP contribution in [-0.4, -0.2) is 34.9 Å². The minimum absolute atomic E-state index is 0.546. The van der Waals surface area contributed by atoms with E-state index in [1.165, 1.54) is 11.8 Å². The zero-order valence-corrected chi connectivity index (χ0v) is 13.7. The van der Waals surface area contributed by atoms with Crippen LogP contribution in [0.4, 0.5) is 0 Å². The molecule has 6 nitrogen and oxygen atoms in total. The van der Waals surface area contributed by atoms with Gasteiger partial charge < -0.3 is 0 Å². The van der Waals surface area contributed by atoms with Crippen LogP contribution >= 0.6 is 34.8 Å². The van der Waals surface area contributed by atoms with Gasteiger partial charge in [-0.2, -0.15) is 8.75 Å². The number of thiophene rings is 1. The van der Waals surface area contributed by atoms with Crippen LogP contribution in [0, 0.1) is 0 Å². The summed E-state index contributed by atoms with van der Waals surface area (Å²) in [5.41, 5.74) is 3.34. The molecule has 0 saturated heterocycles. The Morgan fingerprint density at radius 2 is 1.82 bits per heavy atom. The van der Waals surface area contributed by atoms with E-state index in [-0.39, 0.29) is 0 Å². The molecule has 0 unspecified atom stereocenters. The molecule has 0 aromatic carbocycles. The van der Waals surface area contributed by atoms with Gasteiger partial charge in [0.05, 0.1) is 22.3 Å². The molecule has 0 atom stereocenters. The van der Waals surface area contributed by atoms with Crippen LogP contribution in [0.2, 0.25) is 0 Å². The van der Waals surface area contributed by atoms with Gasteiger partial charge in [0.2, 0.25) is 11.3 Å². The molecule has 0 aliphatic heterocycles. The van der Waals surface area contributed by atoms with E-state index in [0.717, 1.165) is 28.0 Å².